The van der Waals surface area contributed by atoms with Crippen molar-refractivity contribution in [1.29, 1.82) is 0 Å². The molecule has 0 fully saturated rings. The molecule has 1 unspecified atom stereocenters. The first-order valence-corrected chi connectivity index (χ1v) is 10.7. The molecule has 3 aromatic carbocycles. The second-order valence-electron chi connectivity index (χ2n) is 6.38. The normalized spacial score (nSPS) is 11.4. The van der Waals surface area contributed by atoms with Gasteiger partial charge >= 0.3 is 6.03 Å². The molecule has 3 amide bonds. The molecular formula is C22H19Cl2N3O2S. The van der Waals surface area contributed by atoms with E-state index in [-0.39, 0.29) is 17.2 Å². The van der Waals surface area contributed by atoms with Crippen molar-refractivity contribution >= 4 is 64.0 Å². The molecule has 0 aliphatic heterocycles. The van der Waals surface area contributed by atoms with Crippen LogP contribution in [0.4, 0.5) is 21.9 Å². The second kappa shape index (κ2) is 10.4. The van der Waals surface area contributed by atoms with Crippen LogP contribution in [0.5, 0.6) is 0 Å². The summed E-state index contributed by atoms with van der Waals surface area (Å²) in [7, 11) is 0. The zero-order valence-corrected chi connectivity index (χ0v) is 18.3. The number of thioether (sulfide) groups is 1. The fraction of sp³-hybridized carbons (Fsp3) is 0.0909. The van der Waals surface area contributed by atoms with Crippen molar-refractivity contribution < 1.29 is 9.59 Å². The summed E-state index contributed by atoms with van der Waals surface area (Å²) in [6.07, 6.45) is 0. The Morgan fingerprint density at radius 2 is 1.33 bits per heavy atom. The van der Waals surface area contributed by atoms with Crippen molar-refractivity contribution in [2.24, 2.45) is 0 Å². The van der Waals surface area contributed by atoms with Crippen LogP contribution in [-0.4, -0.2) is 17.2 Å². The third-order valence-corrected chi connectivity index (χ3v) is 5.50. The summed E-state index contributed by atoms with van der Waals surface area (Å²) in [4.78, 5) is 25.4. The molecule has 3 N–H and O–H groups in total. The van der Waals surface area contributed by atoms with Crippen LogP contribution in [0, 0.1) is 0 Å². The molecule has 0 saturated carbocycles. The van der Waals surface area contributed by atoms with Gasteiger partial charge in [0.15, 0.2) is 0 Å². The summed E-state index contributed by atoms with van der Waals surface area (Å²) in [6, 6.07) is 21.0. The highest BCUT2D eigenvalue weighted by molar-refractivity contribution is 8.00. The van der Waals surface area contributed by atoms with E-state index in [1.807, 2.05) is 49.4 Å². The Bertz CT molecular complexity index is 1010. The fourth-order valence-corrected chi connectivity index (χ4v) is 3.95. The van der Waals surface area contributed by atoms with Gasteiger partial charge in [-0.3, -0.25) is 4.79 Å². The number of amides is 3. The van der Waals surface area contributed by atoms with Crippen molar-refractivity contribution in [2.45, 2.75) is 17.1 Å². The second-order valence-corrected chi connectivity index (χ2v) is 8.66. The van der Waals surface area contributed by atoms with Gasteiger partial charge in [0.2, 0.25) is 5.91 Å². The van der Waals surface area contributed by atoms with Gasteiger partial charge in [-0.05, 0) is 61.5 Å². The van der Waals surface area contributed by atoms with Crippen molar-refractivity contribution in [1.82, 2.24) is 0 Å². The molecule has 154 valence electrons. The largest absolute Gasteiger partial charge is 0.325 e. The molecule has 8 heteroatoms. The number of carbonyl (C=O) groups is 2. The van der Waals surface area contributed by atoms with E-state index in [0.29, 0.717) is 27.1 Å². The topological polar surface area (TPSA) is 70.2 Å². The van der Waals surface area contributed by atoms with Gasteiger partial charge in [0.25, 0.3) is 0 Å². The minimum Gasteiger partial charge on any atom is -0.325 e. The van der Waals surface area contributed by atoms with Gasteiger partial charge in [0, 0.05) is 32.0 Å². The third-order valence-electron chi connectivity index (χ3n) is 3.96. The predicted octanol–water partition coefficient (Wildman–Crippen LogP) is 6.76. The van der Waals surface area contributed by atoms with Gasteiger partial charge in [0.05, 0.1) is 5.25 Å². The lowest BCUT2D eigenvalue weighted by molar-refractivity contribution is -0.115. The Labute approximate surface area is 189 Å². The maximum Gasteiger partial charge on any atom is 0.323 e. The van der Waals surface area contributed by atoms with Crippen LogP contribution in [0.3, 0.4) is 0 Å². The van der Waals surface area contributed by atoms with E-state index in [1.54, 1.807) is 30.3 Å². The zero-order valence-electron chi connectivity index (χ0n) is 16.0. The number of rotatable bonds is 6. The quantitative estimate of drug-likeness (QED) is 0.356. The Morgan fingerprint density at radius 3 is 1.93 bits per heavy atom. The molecule has 0 spiro atoms. The minimum absolute atomic E-state index is 0.164. The van der Waals surface area contributed by atoms with E-state index in [4.69, 9.17) is 23.2 Å². The van der Waals surface area contributed by atoms with Gasteiger partial charge < -0.3 is 16.0 Å². The lowest BCUT2D eigenvalue weighted by Gasteiger charge is -2.13. The number of hydrogen-bond acceptors (Lipinski definition) is 3. The fourth-order valence-electron chi connectivity index (χ4n) is 2.56. The van der Waals surface area contributed by atoms with Crippen LogP contribution in [0.2, 0.25) is 10.0 Å². The summed E-state index contributed by atoms with van der Waals surface area (Å²) < 4.78 is 0. The molecule has 0 aliphatic carbocycles. The molecular weight excluding hydrogens is 441 g/mol. The van der Waals surface area contributed by atoms with Gasteiger partial charge in [-0.2, -0.15) is 0 Å². The molecule has 1 atom stereocenters. The molecule has 0 aromatic heterocycles. The Balaban J connectivity index is 1.53. The highest BCUT2D eigenvalue weighted by atomic mass is 35.5. The van der Waals surface area contributed by atoms with E-state index in [1.165, 1.54) is 11.8 Å². The van der Waals surface area contributed by atoms with Gasteiger partial charge in [-0.15, -0.1) is 11.8 Å². The van der Waals surface area contributed by atoms with Crippen LogP contribution >= 0.6 is 35.0 Å². The Hall–Kier alpha value is -2.67. The summed E-state index contributed by atoms with van der Waals surface area (Å²) in [5.74, 6) is -0.164. The molecule has 5 nitrogen and oxygen atoms in total. The molecule has 30 heavy (non-hydrogen) atoms. The Kier molecular flexibility index (Phi) is 7.63. The molecule has 0 saturated heterocycles. The van der Waals surface area contributed by atoms with Crippen molar-refractivity contribution in [3.8, 4) is 0 Å². The first-order valence-electron chi connectivity index (χ1n) is 9.06. The van der Waals surface area contributed by atoms with Gasteiger partial charge in [-0.1, -0.05) is 41.4 Å². The lowest BCUT2D eigenvalue weighted by atomic mass is 10.3. The molecule has 3 rings (SSSR count). The molecule has 0 aliphatic rings. The number of anilines is 3. The van der Waals surface area contributed by atoms with Crippen LogP contribution in [0.1, 0.15) is 6.92 Å². The number of halogens is 2. The van der Waals surface area contributed by atoms with E-state index >= 15 is 0 Å². The zero-order chi connectivity index (χ0) is 21.5. The van der Waals surface area contributed by atoms with Crippen LogP contribution in [0.25, 0.3) is 0 Å². The number of benzene rings is 3. The van der Waals surface area contributed by atoms with Gasteiger partial charge in [-0.25, -0.2) is 4.79 Å². The summed E-state index contributed by atoms with van der Waals surface area (Å²) in [5.41, 5.74) is 1.91. The van der Waals surface area contributed by atoms with E-state index < -0.39 is 0 Å². The summed E-state index contributed by atoms with van der Waals surface area (Å²) in [5, 5.41) is 8.91. The first kappa shape index (κ1) is 22.0. The van der Waals surface area contributed by atoms with E-state index in [0.717, 1.165) is 4.90 Å². The maximum atomic E-state index is 12.4. The average Bonchev–Trinajstić information content (AvgIpc) is 2.69. The average molecular weight is 460 g/mol. The van der Waals surface area contributed by atoms with E-state index in [9.17, 15) is 9.59 Å². The maximum absolute atomic E-state index is 12.4. The predicted molar refractivity (Wildman–Crippen MR) is 126 cm³/mol. The van der Waals surface area contributed by atoms with Crippen molar-refractivity contribution in [3.05, 3.63) is 82.8 Å². The highest BCUT2D eigenvalue weighted by Crippen LogP contribution is 2.27. The number of nitrogens with one attached hydrogen (secondary N) is 3. The minimum atomic E-state index is -0.344. The lowest BCUT2D eigenvalue weighted by Crippen LogP contribution is -2.22. The molecule has 0 heterocycles. The number of urea groups is 1. The summed E-state index contributed by atoms with van der Waals surface area (Å²) >= 11 is 13.3. The van der Waals surface area contributed by atoms with Gasteiger partial charge in [0.1, 0.15) is 0 Å². The third kappa shape index (κ3) is 6.69. The first-order chi connectivity index (χ1) is 14.4. The molecule has 0 bridgehead atoms. The number of hydrogen-bond donors (Lipinski definition) is 3. The van der Waals surface area contributed by atoms with Crippen molar-refractivity contribution in [3.63, 3.8) is 0 Å². The van der Waals surface area contributed by atoms with Crippen molar-refractivity contribution in [2.75, 3.05) is 16.0 Å². The highest BCUT2D eigenvalue weighted by Gasteiger charge is 2.15. The SMILES string of the molecule is CC(Sc1ccc(NC(=O)Nc2ccccc2)cc1)C(=O)Nc1cc(Cl)cc(Cl)c1. The molecule has 3 aromatic rings. The monoisotopic (exact) mass is 459 g/mol. The molecule has 0 radical (unpaired) electrons. The number of carbonyl (C=O) groups excluding carboxylic acids is 2. The Morgan fingerprint density at radius 1 is 0.767 bits per heavy atom. The summed E-state index contributed by atoms with van der Waals surface area (Å²) in [6.45, 7) is 1.81. The standard InChI is InChI=1S/C22H19Cl2N3O2S/c1-14(21(28)25-19-12-15(23)11-16(24)13-19)30-20-9-7-18(8-10-20)27-22(29)26-17-5-3-2-4-6-17/h2-14H,1H3,(H,25,28)(H2,26,27,29). The van der Waals surface area contributed by atoms with Crippen LogP contribution in [-0.2, 0) is 4.79 Å². The smallest absolute Gasteiger partial charge is 0.323 e. The van der Waals surface area contributed by atoms with Crippen LogP contribution < -0.4 is 16.0 Å². The van der Waals surface area contributed by atoms with E-state index in [2.05, 4.69) is 16.0 Å². The van der Waals surface area contributed by atoms with Crippen LogP contribution in [0.15, 0.2) is 77.7 Å². The number of para-hydroxylation sites is 1.